The van der Waals surface area contributed by atoms with Gasteiger partial charge in [0.05, 0.1) is 57.5 Å². The zero-order valence-corrected chi connectivity index (χ0v) is 56.2. The smallest absolute Gasteiger partial charge is 0.463 e. The van der Waals surface area contributed by atoms with Gasteiger partial charge < -0.3 is 90.3 Å². The molecule has 0 fully saturated rings. The number of aryl methyl sites for hydroxylation is 4. The Balaban J connectivity index is 0.000000684. The van der Waals surface area contributed by atoms with Gasteiger partial charge in [0, 0.05) is 112 Å². The third-order valence-electron chi connectivity index (χ3n) is 11.3. The van der Waals surface area contributed by atoms with Crippen LogP contribution in [0.25, 0.3) is 0 Å². The van der Waals surface area contributed by atoms with Crippen molar-refractivity contribution in [1.82, 2.24) is 43.5 Å². The number of hydrogen-bond acceptors (Lipinski definition) is 32. The zero-order valence-electron chi connectivity index (χ0n) is 56.2. The van der Waals surface area contributed by atoms with Gasteiger partial charge in [-0.05, 0) is 27.7 Å². The minimum absolute atomic E-state index is 0.0423. The molecular formula is C63H83N9O28. The molecule has 4 heterocycles. The van der Waals surface area contributed by atoms with Crippen LogP contribution in [0.15, 0.2) is 123 Å². The number of ketones is 2. The molecule has 0 aliphatic rings. The van der Waals surface area contributed by atoms with Crippen LogP contribution in [0.5, 0.6) is 0 Å². The quantitative estimate of drug-likeness (QED) is 0.0211. The summed E-state index contributed by atoms with van der Waals surface area (Å²) in [5.41, 5.74) is 0.842. The second-order valence-electron chi connectivity index (χ2n) is 20.4. The van der Waals surface area contributed by atoms with Crippen molar-refractivity contribution >= 4 is 83.5 Å². The number of esters is 10. The van der Waals surface area contributed by atoms with E-state index in [1.807, 2.05) is 0 Å². The van der Waals surface area contributed by atoms with Gasteiger partial charge in [-0.15, -0.1) is 0 Å². The Bertz CT molecular complexity index is 3160. The van der Waals surface area contributed by atoms with Crippen molar-refractivity contribution in [2.45, 2.75) is 112 Å². The van der Waals surface area contributed by atoms with Crippen molar-refractivity contribution in [3.63, 3.8) is 0 Å². The third-order valence-corrected chi connectivity index (χ3v) is 11.3. The lowest BCUT2D eigenvalue weighted by Gasteiger charge is -2.18. The second-order valence-corrected chi connectivity index (χ2v) is 20.4. The van der Waals surface area contributed by atoms with Crippen molar-refractivity contribution in [1.29, 1.82) is 0 Å². The molecule has 2 N–H and O–H groups in total. The third kappa shape index (κ3) is 44.2. The normalized spacial score (nSPS) is 10.9. The van der Waals surface area contributed by atoms with E-state index >= 15 is 0 Å². The van der Waals surface area contributed by atoms with Crippen LogP contribution in [0.1, 0.15) is 67.2 Å². The van der Waals surface area contributed by atoms with Crippen LogP contribution in [-0.2, 0) is 145 Å². The SMILES string of the molecule is C=C(C)C(=O)OCC(COC(=O)CCn1ccnc1)OC(=O)NCCOC(=O)C(C)=O.C=C(C)C(=O)OCC(COC(=O)CCn1ccnc1)OC(=O)OCCOC(=O)C(C)=O.C=C(C)C(=O)OCC(O)COC(=O)CCn1ccnc1.C=C(C)C(=O)OCCOC(=O)CCn1ccnc1. The summed E-state index contributed by atoms with van der Waals surface area (Å²) < 4.78 is 70.0. The Morgan fingerprint density at radius 3 is 1.02 bits per heavy atom. The van der Waals surface area contributed by atoms with E-state index in [0.29, 0.717) is 31.8 Å². The number of rotatable bonds is 41. The predicted octanol–water partition coefficient (Wildman–Crippen LogP) is 1.98. The van der Waals surface area contributed by atoms with Gasteiger partial charge in [-0.1, -0.05) is 26.3 Å². The molecule has 3 atom stereocenters. The summed E-state index contributed by atoms with van der Waals surface area (Å²) in [6.45, 7) is 20.5. The number of aromatic nitrogens is 8. The first kappa shape index (κ1) is 86.4. The maximum Gasteiger partial charge on any atom is 0.508 e. The molecule has 548 valence electrons. The van der Waals surface area contributed by atoms with Gasteiger partial charge in [0.2, 0.25) is 11.6 Å². The Morgan fingerprint density at radius 1 is 0.370 bits per heavy atom. The van der Waals surface area contributed by atoms with Crippen molar-refractivity contribution in [2.75, 3.05) is 79.2 Å². The van der Waals surface area contributed by atoms with E-state index in [1.54, 1.807) is 100 Å². The number of hydrogen-bond donors (Lipinski definition) is 2. The highest BCUT2D eigenvalue weighted by Gasteiger charge is 2.23. The molecule has 4 aromatic heterocycles. The van der Waals surface area contributed by atoms with Crippen molar-refractivity contribution in [3.8, 4) is 0 Å². The number of carbonyl (C=O) groups is 14. The van der Waals surface area contributed by atoms with E-state index in [-0.39, 0.29) is 121 Å². The minimum atomic E-state index is -1.18. The van der Waals surface area contributed by atoms with Gasteiger partial charge >= 0.3 is 71.9 Å². The zero-order chi connectivity index (χ0) is 74.8. The molecule has 0 spiro atoms. The number of alkyl carbamates (subject to hydrolysis) is 1. The first-order chi connectivity index (χ1) is 47.4. The highest BCUT2D eigenvalue weighted by atomic mass is 16.7. The largest absolute Gasteiger partial charge is 0.508 e. The van der Waals surface area contributed by atoms with Gasteiger partial charge in [0.15, 0.2) is 12.2 Å². The number of imidazole rings is 4. The van der Waals surface area contributed by atoms with Crippen LogP contribution in [0.3, 0.4) is 0 Å². The summed E-state index contributed by atoms with van der Waals surface area (Å²) in [5, 5.41) is 11.8. The maximum absolute atomic E-state index is 11.9. The van der Waals surface area contributed by atoms with Gasteiger partial charge in [-0.25, -0.2) is 58.3 Å². The Labute approximate surface area is 573 Å². The van der Waals surface area contributed by atoms with Crippen LogP contribution in [0.2, 0.25) is 0 Å². The molecule has 0 saturated carbocycles. The molecule has 4 rings (SSSR count). The average Bonchev–Trinajstić information content (AvgIpc) is 1.89. The van der Waals surface area contributed by atoms with Gasteiger partial charge in [0.25, 0.3) is 0 Å². The van der Waals surface area contributed by atoms with E-state index in [0.717, 1.165) is 13.8 Å². The molecule has 4 aromatic rings. The summed E-state index contributed by atoms with van der Waals surface area (Å²) in [5.74, 6) is -8.04. The molecule has 0 bridgehead atoms. The predicted molar refractivity (Wildman–Crippen MR) is 338 cm³/mol. The standard InChI is InChI=1S/C19H25N3O9.C19H24N2O10.C13H18N2O5.C12H16N2O4/c1-13(2)17(25)30-11-15(10-29-16(24)4-7-22-8-5-20-12-22)31-19(27)21-6-9-28-18(26)14(3)23;1-13(2)17(24)30-11-15(10-29-16(23)4-6-21-7-5-20-12-21)31-19(26)28-9-8-27-18(25)14(3)22;1-10(2)13(18)20-8-11(16)7-19-12(17)3-5-15-6-4-14-9-15;1-10(2)12(16)18-8-7-17-11(15)3-5-14-6-4-13-9-14/h5,8,12,15H,1,4,6-7,9-11H2,2-3H3,(H,21,27);5,7,12,15H,1,4,6,8-11H2,2-3H3;4,6,9,11,16H,1,3,5,7-8H2,2H3;4,6,9H,1,3,5,7-8H2,2H3. The number of carbonyl (C=O) groups excluding carboxylic acids is 14. The van der Waals surface area contributed by atoms with E-state index in [2.05, 4.69) is 61.0 Å². The maximum atomic E-state index is 11.9. The monoisotopic (exact) mass is 1410 g/mol. The van der Waals surface area contributed by atoms with Crippen molar-refractivity contribution in [3.05, 3.63) is 123 Å². The lowest BCUT2D eigenvalue weighted by molar-refractivity contribution is -0.154. The topological polar surface area (TPSA) is 463 Å². The van der Waals surface area contributed by atoms with Crippen LogP contribution in [0.4, 0.5) is 9.59 Å². The van der Waals surface area contributed by atoms with E-state index in [1.165, 1.54) is 20.8 Å². The molecule has 0 aliphatic heterocycles. The first-order valence-corrected chi connectivity index (χ1v) is 30.0. The summed E-state index contributed by atoms with van der Waals surface area (Å²) >= 11 is 0. The number of ether oxygens (including phenoxy) is 13. The fourth-order valence-corrected chi connectivity index (χ4v) is 6.10. The average molecular weight is 1410 g/mol. The van der Waals surface area contributed by atoms with Crippen LogP contribution in [-0.4, -0.2) is 224 Å². The summed E-state index contributed by atoms with van der Waals surface area (Å²) in [6.07, 6.45) is 14.7. The van der Waals surface area contributed by atoms with Crippen molar-refractivity contribution in [2.24, 2.45) is 0 Å². The molecule has 37 heteroatoms. The van der Waals surface area contributed by atoms with E-state index in [4.69, 9.17) is 52.1 Å². The fraction of sp³-hybridized carbons (Fsp3) is 0.460. The number of nitrogens with one attached hydrogen (secondary N) is 1. The molecule has 100 heavy (non-hydrogen) atoms. The lowest BCUT2D eigenvalue weighted by atomic mass is 10.3. The van der Waals surface area contributed by atoms with Gasteiger partial charge in [-0.3, -0.25) is 28.8 Å². The van der Waals surface area contributed by atoms with Crippen LogP contribution < -0.4 is 5.32 Å². The van der Waals surface area contributed by atoms with E-state index in [9.17, 15) is 72.2 Å². The Hall–Kier alpha value is -11.7. The highest BCUT2D eigenvalue weighted by Crippen LogP contribution is 2.06. The fourth-order valence-electron chi connectivity index (χ4n) is 6.10. The first-order valence-electron chi connectivity index (χ1n) is 30.0. The second kappa shape index (κ2) is 50.7. The molecule has 1 amide bonds. The van der Waals surface area contributed by atoms with Gasteiger partial charge in [0.1, 0.15) is 78.8 Å². The highest BCUT2D eigenvalue weighted by molar-refractivity contribution is 6.32. The number of aliphatic hydroxyl groups is 1. The number of nitrogens with zero attached hydrogens (tertiary/aromatic N) is 8. The number of amides is 1. The van der Waals surface area contributed by atoms with Crippen molar-refractivity contribution < 1.29 is 134 Å². The number of aliphatic hydroxyl groups excluding tert-OH is 1. The molecular weight excluding hydrogens is 1330 g/mol. The summed E-state index contributed by atoms with van der Waals surface area (Å²) in [6, 6.07) is 0. The minimum Gasteiger partial charge on any atom is -0.463 e. The molecule has 0 saturated heterocycles. The molecule has 0 aliphatic carbocycles. The van der Waals surface area contributed by atoms with Gasteiger partial charge in [-0.2, -0.15) is 0 Å². The van der Waals surface area contributed by atoms with Crippen LogP contribution in [0, 0.1) is 0 Å². The lowest BCUT2D eigenvalue weighted by Crippen LogP contribution is -2.37. The summed E-state index contributed by atoms with van der Waals surface area (Å²) in [7, 11) is 0. The Kier molecular flexibility index (Phi) is 43.8. The number of Topliss-reactive ketones (excluding diaryl/α,β-unsaturated/α-hetero) is 2. The Morgan fingerprint density at radius 2 is 0.660 bits per heavy atom. The van der Waals surface area contributed by atoms with Crippen LogP contribution >= 0.6 is 0 Å². The molecule has 3 unspecified atom stereocenters. The molecule has 37 nitrogen and oxygen atoms in total. The van der Waals surface area contributed by atoms with E-state index < -0.39 is 102 Å². The summed E-state index contributed by atoms with van der Waals surface area (Å²) in [4.78, 5) is 174. The molecule has 0 aromatic carbocycles. The molecule has 0 radical (unpaired) electrons.